The maximum Gasteiger partial charge on any atom is 0.196 e. The van der Waals surface area contributed by atoms with Crippen molar-refractivity contribution < 1.29 is 4.79 Å². The molecule has 0 saturated carbocycles. The predicted molar refractivity (Wildman–Crippen MR) is 81.2 cm³/mol. The molecule has 0 spiro atoms. The van der Waals surface area contributed by atoms with Crippen molar-refractivity contribution in [2.45, 2.75) is 42.3 Å². The van der Waals surface area contributed by atoms with E-state index in [1.54, 1.807) is 0 Å². The lowest BCUT2D eigenvalue weighted by Gasteiger charge is -2.08. The molecule has 6 heteroatoms. The number of aromatic nitrogens is 3. The third-order valence-corrected chi connectivity index (χ3v) is 4.93. The zero-order valence-corrected chi connectivity index (χ0v) is 13.3. The standard InChI is InChI=1S/C14H14BrN3OS/c15-11-6-5-10(9-19)12(8-11)20-14-17-16-13-4-2-1-3-7-18(13)14/h5-6,8-9H,1-4,7H2. The van der Waals surface area contributed by atoms with Gasteiger partial charge in [-0.3, -0.25) is 4.79 Å². The van der Waals surface area contributed by atoms with Gasteiger partial charge in [0, 0.05) is 27.9 Å². The van der Waals surface area contributed by atoms with Crippen LogP contribution in [0.1, 0.15) is 35.4 Å². The van der Waals surface area contributed by atoms with Crippen LogP contribution in [0.25, 0.3) is 0 Å². The minimum atomic E-state index is 0.684. The van der Waals surface area contributed by atoms with E-state index in [4.69, 9.17) is 0 Å². The van der Waals surface area contributed by atoms with E-state index in [0.717, 1.165) is 46.0 Å². The van der Waals surface area contributed by atoms with Crippen LogP contribution < -0.4 is 0 Å². The second-order valence-corrected chi connectivity index (χ2v) is 6.69. The lowest BCUT2D eigenvalue weighted by Crippen LogP contribution is -2.02. The van der Waals surface area contributed by atoms with Gasteiger partial charge < -0.3 is 4.57 Å². The fourth-order valence-electron chi connectivity index (χ4n) is 2.33. The van der Waals surface area contributed by atoms with Crippen molar-refractivity contribution in [3.8, 4) is 0 Å². The van der Waals surface area contributed by atoms with Gasteiger partial charge in [0.1, 0.15) is 5.82 Å². The highest BCUT2D eigenvalue weighted by molar-refractivity contribution is 9.10. The van der Waals surface area contributed by atoms with Gasteiger partial charge in [0.25, 0.3) is 0 Å². The molecule has 1 aromatic carbocycles. The largest absolute Gasteiger partial charge is 0.306 e. The van der Waals surface area contributed by atoms with Gasteiger partial charge in [0.2, 0.25) is 0 Å². The Balaban J connectivity index is 1.94. The molecule has 0 fully saturated rings. The maximum absolute atomic E-state index is 11.1. The Bertz CT molecular complexity index is 641. The van der Waals surface area contributed by atoms with Gasteiger partial charge in [0.15, 0.2) is 11.4 Å². The molecule has 0 unspecified atom stereocenters. The molecule has 20 heavy (non-hydrogen) atoms. The average molecular weight is 352 g/mol. The van der Waals surface area contributed by atoms with Crippen LogP contribution in [0.4, 0.5) is 0 Å². The smallest absolute Gasteiger partial charge is 0.196 e. The molecule has 3 rings (SSSR count). The summed E-state index contributed by atoms with van der Waals surface area (Å²) in [5, 5.41) is 9.45. The highest BCUT2D eigenvalue weighted by Gasteiger charge is 2.16. The SMILES string of the molecule is O=Cc1ccc(Br)cc1Sc1nnc2n1CCCCC2. The molecule has 0 amide bonds. The molecule has 0 radical (unpaired) electrons. The predicted octanol–water partition coefficient (Wildman–Crippen LogP) is 3.73. The lowest BCUT2D eigenvalue weighted by atomic mass is 10.2. The Hall–Kier alpha value is -1.14. The third-order valence-electron chi connectivity index (χ3n) is 3.38. The Labute approximate surface area is 130 Å². The first-order valence-corrected chi connectivity index (χ1v) is 8.23. The van der Waals surface area contributed by atoms with Crippen LogP contribution in [-0.4, -0.2) is 21.1 Å². The molecule has 0 atom stereocenters. The Morgan fingerprint density at radius 2 is 2.15 bits per heavy atom. The van der Waals surface area contributed by atoms with Crippen LogP contribution in [0, 0.1) is 0 Å². The van der Waals surface area contributed by atoms with Gasteiger partial charge in [-0.05, 0) is 42.8 Å². The molecular weight excluding hydrogens is 338 g/mol. The van der Waals surface area contributed by atoms with Gasteiger partial charge in [-0.1, -0.05) is 22.4 Å². The number of aryl methyl sites for hydroxylation is 1. The van der Waals surface area contributed by atoms with Crippen molar-refractivity contribution in [2.24, 2.45) is 0 Å². The number of benzene rings is 1. The quantitative estimate of drug-likeness (QED) is 0.790. The first kappa shape index (κ1) is 13.8. The van der Waals surface area contributed by atoms with E-state index in [9.17, 15) is 4.79 Å². The van der Waals surface area contributed by atoms with Crippen molar-refractivity contribution in [1.29, 1.82) is 0 Å². The molecule has 1 aliphatic heterocycles. The molecule has 104 valence electrons. The number of carbonyl (C=O) groups is 1. The molecule has 1 aromatic heterocycles. The first-order chi connectivity index (χ1) is 9.78. The molecule has 2 heterocycles. The number of nitrogens with zero attached hydrogens (tertiary/aromatic N) is 3. The summed E-state index contributed by atoms with van der Waals surface area (Å²) in [7, 11) is 0. The van der Waals surface area contributed by atoms with Gasteiger partial charge in [-0.15, -0.1) is 10.2 Å². The molecule has 2 aromatic rings. The summed E-state index contributed by atoms with van der Waals surface area (Å²) in [4.78, 5) is 12.1. The number of fused-ring (bicyclic) bond motifs is 1. The molecule has 4 nitrogen and oxygen atoms in total. The average Bonchev–Trinajstić information content (AvgIpc) is 2.68. The third kappa shape index (κ3) is 2.81. The van der Waals surface area contributed by atoms with Crippen molar-refractivity contribution in [3.63, 3.8) is 0 Å². The number of hydrogen-bond acceptors (Lipinski definition) is 4. The monoisotopic (exact) mass is 351 g/mol. The second-order valence-electron chi connectivity index (χ2n) is 4.76. The van der Waals surface area contributed by atoms with Gasteiger partial charge in [-0.25, -0.2) is 0 Å². The number of hydrogen-bond donors (Lipinski definition) is 0. The number of halogens is 1. The van der Waals surface area contributed by atoms with E-state index >= 15 is 0 Å². The Morgan fingerprint density at radius 3 is 3.00 bits per heavy atom. The van der Waals surface area contributed by atoms with E-state index in [-0.39, 0.29) is 0 Å². The molecule has 1 aliphatic rings. The van der Waals surface area contributed by atoms with Crippen LogP contribution in [-0.2, 0) is 13.0 Å². The summed E-state index contributed by atoms with van der Waals surface area (Å²) in [6.07, 6.45) is 5.46. The van der Waals surface area contributed by atoms with Crippen LogP contribution in [0.2, 0.25) is 0 Å². The molecule has 0 saturated heterocycles. The normalized spacial score (nSPS) is 14.7. The maximum atomic E-state index is 11.1. The fourth-order valence-corrected chi connectivity index (χ4v) is 3.84. The minimum Gasteiger partial charge on any atom is -0.306 e. The van der Waals surface area contributed by atoms with Crippen molar-refractivity contribution >= 4 is 34.0 Å². The number of carbonyl (C=O) groups excluding carboxylic acids is 1. The Kier molecular flexibility index (Phi) is 4.21. The van der Waals surface area contributed by atoms with E-state index in [0.29, 0.717) is 5.56 Å². The molecular formula is C14H14BrN3OS. The van der Waals surface area contributed by atoms with Gasteiger partial charge in [-0.2, -0.15) is 0 Å². The summed E-state index contributed by atoms with van der Waals surface area (Å²) in [5.74, 6) is 1.06. The van der Waals surface area contributed by atoms with E-state index in [2.05, 4.69) is 30.7 Å². The van der Waals surface area contributed by atoms with Crippen molar-refractivity contribution in [2.75, 3.05) is 0 Å². The van der Waals surface area contributed by atoms with Crippen molar-refractivity contribution in [1.82, 2.24) is 14.8 Å². The van der Waals surface area contributed by atoms with Gasteiger partial charge in [0.05, 0.1) is 0 Å². The van der Waals surface area contributed by atoms with Crippen LogP contribution in [0.15, 0.2) is 32.7 Å². The van der Waals surface area contributed by atoms with Crippen LogP contribution in [0.3, 0.4) is 0 Å². The van der Waals surface area contributed by atoms with Crippen LogP contribution >= 0.6 is 27.7 Å². The summed E-state index contributed by atoms with van der Waals surface area (Å²) in [6, 6.07) is 5.64. The van der Waals surface area contributed by atoms with E-state index in [1.165, 1.54) is 24.6 Å². The number of aldehydes is 1. The topological polar surface area (TPSA) is 47.8 Å². The summed E-state index contributed by atoms with van der Waals surface area (Å²) < 4.78 is 3.15. The second kappa shape index (κ2) is 6.10. The summed E-state index contributed by atoms with van der Waals surface area (Å²) in [5.41, 5.74) is 0.684. The number of rotatable bonds is 3. The summed E-state index contributed by atoms with van der Waals surface area (Å²) >= 11 is 4.96. The van der Waals surface area contributed by atoms with Crippen LogP contribution in [0.5, 0.6) is 0 Å². The molecule has 0 aliphatic carbocycles. The highest BCUT2D eigenvalue weighted by atomic mass is 79.9. The summed E-state index contributed by atoms with van der Waals surface area (Å²) in [6.45, 7) is 0.967. The highest BCUT2D eigenvalue weighted by Crippen LogP contribution is 2.32. The molecule has 0 N–H and O–H groups in total. The first-order valence-electron chi connectivity index (χ1n) is 6.62. The van der Waals surface area contributed by atoms with E-state index in [1.807, 2.05) is 18.2 Å². The van der Waals surface area contributed by atoms with Gasteiger partial charge >= 0.3 is 0 Å². The van der Waals surface area contributed by atoms with E-state index < -0.39 is 0 Å². The van der Waals surface area contributed by atoms with Crippen molar-refractivity contribution in [3.05, 3.63) is 34.1 Å². The molecule has 0 bridgehead atoms. The zero-order chi connectivity index (χ0) is 13.9. The fraction of sp³-hybridized carbons (Fsp3) is 0.357. The minimum absolute atomic E-state index is 0.684. The Morgan fingerprint density at radius 1 is 1.25 bits per heavy atom. The lowest BCUT2D eigenvalue weighted by molar-refractivity contribution is 0.112. The zero-order valence-electron chi connectivity index (χ0n) is 10.9.